The quantitative estimate of drug-likeness (QED) is 0.622. The zero-order chi connectivity index (χ0) is 18.2. The average molecular weight is 377 g/mol. The fourth-order valence-electron chi connectivity index (χ4n) is 2.95. The Morgan fingerprint density at radius 2 is 1.76 bits per heavy atom. The van der Waals surface area contributed by atoms with Crippen LogP contribution in [-0.2, 0) is 0 Å². The van der Waals surface area contributed by atoms with E-state index in [1.807, 2.05) is 36.4 Å². The van der Waals surface area contributed by atoms with Crippen LogP contribution in [0.5, 0.6) is 5.75 Å². The first-order chi connectivity index (χ1) is 11.8. The van der Waals surface area contributed by atoms with Crippen LogP contribution in [0.1, 0.15) is 38.8 Å². The third-order valence-electron chi connectivity index (χ3n) is 4.43. The van der Waals surface area contributed by atoms with Crippen molar-refractivity contribution in [3.63, 3.8) is 0 Å². The van der Waals surface area contributed by atoms with E-state index in [2.05, 4.69) is 31.8 Å². The monoisotopic (exact) mass is 376 g/mol. The maximum atomic E-state index is 6.35. The highest BCUT2D eigenvalue weighted by atomic mass is 35.5. The largest absolute Gasteiger partial charge is 0.495 e. The van der Waals surface area contributed by atoms with Gasteiger partial charge in [0.15, 0.2) is 0 Å². The molecule has 1 aliphatic rings. The number of hydrazone groups is 1. The summed E-state index contributed by atoms with van der Waals surface area (Å²) >= 11 is 12.4. The highest BCUT2D eigenvalue weighted by molar-refractivity contribution is 6.32. The summed E-state index contributed by atoms with van der Waals surface area (Å²) in [6, 6.07) is 13.8. The second-order valence-electron chi connectivity index (χ2n) is 7.23. The minimum Gasteiger partial charge on any atom is -0.495 e. The van der Waals surface area contributed by atoms with Crippen molar-refractivity contribution in [1.82, 2.24) is 0 Å². The first-order valence-electron chi connectivity index (χ1n) is 8.26. The van der Waals surface area contributed by atoms with Gasteiger partial charge in [-0.3, -0.25) is 5.01 Å². The number of ether oxygens (including phenoxy) is 1. The number of nitrogens with zero attached hydrogens (tertiary/aromatic N) is 2. The minimum absolute atomic E-state index is 0.00961. The van der Waals surface area contributed by atoms with E-state index in [-0.39, 0.29) is 11.5 Å². The van der Waals surface area contributed by atoms with E-state index >= 15 is 0 Å². The van der Waals surface area contributed by atoms with Crippen molar-refractivity contribution in [2.45, 2.75) is 33.2 Å². The van der Waals surface area contributed by atoms with Crippen molar-refractivity contribution in [2.24, 2.45) is 10.5 Å². The zero-order valence-electron chi connectivity index (χ0n) is 14.9. The molecule has 0 N–H and O–H groups in total. The predicted molar refractivity (Wildman–Crippen MR) is 106 cm³/mol. The second kappa shape index (κ2) is 6.89. The molecule has 0 amide bonds. The second-order valence-corrected chi connectivity index (χ2v) is 8.08. The number of rotatable bonds is 3. The van der Waals surface area contributed by atoms with E-state index in [1.54, 1.807) is 7.11 Å². The van der Waals surface area contributed by atoms with Crippen LogP contribution in [0.15, 0.2) is 47.6 Å². The third kappa shape index (κ3) is 3.78. The summed E-state index contributed by atoms with van der Waals surface area (Å²) < 4.78 is 5.27. The molecule has 0 saturated heterocycles. The molecule has 5 heteroatoms. The first-order valence-corrected chi connectivity index (χ1v) is 9.01. The molecular weight excluding hydrogens is 355 g/mol. The molecule has 0 spiro atoms. The van der Waals surface area contributed by atoms with Gasteiger partial charge in [0.25, 0.3) is 0 Å². The molecule has 1 heterocycles. The number of hydrogen-bond donors (Lipinski definition) is 0. The van der Waals surface area contributed by atoms with Crippen LogP contribution < -0.4 is 9.75 Å². The van der Waals surface area contributed by atoms with Crippen molar-refractivity contribution < 1.29 is 4.74 Å². The fourth-order valence-corrected chi connectivity index (χ4v) is 3.34. The van der Waals surface area contributed by atoms with Crippen LogP contribution in [0, 0.1) is 5.41 Å². The van der Waals surface area contributed by atoms with Crippen molar-refractivity contribution in [2.75, 3.05) is 12.1 Å². The van der Waals surface area contributed by atoms with Crippen molar-refractivity contribution in [3.05, 3.63) is 58.1 Å². The molecule has 0 aliphatic carbocycles. The molecule has 3 rings (SSSR count). The van der Waals surface area contributed by atoms with E-state index in [0.29, 0.717) is 15.8 Å². The number of methoxy groups -OCH3 is 1. The van der Waals surface area contributed by atoms with Crippen LogP contribution in [0.25, 0.3) is 0 Å². The SMILES string of the molecule is COc1ccc(C2CC(C(C)(C)C)=NN2c2ccc(Cl)cc2)cc1Cl. The van der Waals surface area contributed by atoms with Crippen LogP contribution in [0.4, 0.5) is 5.69 Å². The molecule has 2 aromatic rings. The average Bonchev–Trinajstić information content (AvgIpc) is 3.01. The topological polar surface area (TPSA) is 24.8 Å². The Labute approximate surface area is 159 Å². The van der Waals surface area contributed by atoms with Crippen LogP contribution in [0.3, 0.4) is 0 Å². The van der Waals surface area contributed by atoms with E-state index in [0.717, 1.165) is 17.7 Å². The number of hydrogen-bond acceptors (Lipinski definition) is 3. The Kier molecular flexibility index (Phi) is 4.99. The van der Waals surface area contributed by atoms with Gasteiger partial charge in [0.05, 0.1) is 23.9 Å². The fraction of sp³-hybridized carbons (Fsp3) is 0.350. The first kappa shape index (κ1) is 18.1. The third-order valence-corrected chi connectivity index (χ3v) is 4.98. The van der Waals surface area contributed by atoms with E-state index in [1.165, 1.54) is 5.71 Å². The smallest absolute Gasteiger partial charge is 0.137 e. The van der Waals surface area contributed by atoms with Crippen molar-refractivity contribution in [1.29, 1.82) is 0 Å². The summed E-state index contributed by atoms with van der Waals surface area (Å²) in [5.74, 6) is 0.679. The lowest BCUT2D eigenvalue weighted by Crippen LogP contribution is -2.19. The summed E-state index contributed by atoms with van der Waals surface area (Å²) in [5, 5.41) is 8.31. The Hall–Kier alpha value is -1.71. The molecule has 1 atom stereocenters. The van der Waals surface area contributed by atoms with Crippen LogP contribution in [0.2, 0.25) is 10.0 Å². The highest BCUT2D eigenvalue weighted by Gasteiger charge is 2.34. The van der Waals surface area contributed by atoms with Gasteiger partial charge >= 0.3 is 0 Å². The summed E-state index contributed by atoms with van der Waals surface area (Å²) in [5.41, 5.74) is 3.30. The van der Waals surface area contributed by atoms with E-state index < -0.39 is 0 Å². The summed E-state index contributed by atoms with van der Waals surface area (Å²) in [4.78, 5) is 0. The van der Waals surface area contributed by atoms with Gasteiger partial charge in [-0.2, -0.15) is 5.10 Å². The van der Waals surface area contributed by atoms with E-state index in [9.17, 15) is 0 Å². The molecule has 0 radical (unpaired) electrons. The van der Waals surface area contributed by atoms with Gasteiger partial charge < -0.3 is 4.74 Å². The summed E-state index contributed by atoms with van der Waals surface area (Å²) in [6.45, 7) is 6.57. The van der Waals surface area contributed by atoms with Crippen molar-refractivity contribution in [3.8, 4) is 5.75 Å². The molecule has 0 aromatic heterocycles. The minimum atomic E-state index is 0.00961. The molecule has 1 unspecified atom stereocenters. The Balaban J connectivity index is 2.02. The molecule has 0 saturated carbocycles. The lowest BCUT2D eigenvalue weighted by molar-refractivity contribution is 0.414. The lowest BCUT2D eigenvalue weighted by Gasteiger charge is -2.24. The molecule has 25 heavy (non-hydrogen) atoms. The van der Waals surface area contributed by atoms with Gasteiger partial charge in [0.1, 0.15) is 5.75 Å². The molecule has 2 aromatic carbocycles. The zero-order valence-corrected chi connectivity index (χ0v) is 16.4. The van der Waals surface area contributed by atoms with Gasteiger partial charge in [-0.05, 0) is 42.0 Å². The maximum Gasteiger partial charge on any atom is 0.137 e. The van der Waals surface area contributed by atoms with Gasteiger partial charge in [-0.1, -0.05) is 50.0 Å². The molecule has 132 valence electrons. The van der Waals surface area contributed by atoms with E-state index in [4.69, 9.17) is 33.0 Å². The standard InChI is InChI=1S/C20H22Cl2N2O/c1-20(2,3)19-12-17(13-5-10-18(25-4)16(22)11-13)24(23-19)15-8-6-14(21)7-9-15/h5-11,17H,12H2,1-4H3. The lowest BCUT2D eigenvalue weighted by atomic mass is 9.86. The normalized spacial score (nSPS) is 17.6. The molecule has 0 fully saturated rings. The molecule has 3 nitrogen and oxygen atoms in total. The number of anilines is 1. The Morgan fingerprint density at radius 1 is 1.08 bits per heavy atom. The molecule has 1 aliphatic heterocycles. The number of halogens is 2. The summed E-state index contributed by atoms with van der Waals surface area (Å²) in [6.07, 6.45) is 0.856. The Morgan fingerprint density at radius 3 is 2.32 bits per heavy atom. The van der Waals surface area contributed by atoms with Crippen LogP contribution >= 0.6 is 23.2 Å². The van der Waals surface area contributed by atoms with Gasteiger partial charge in [0.2, 0.25) is 0 Å². The molecule has 0 bridgehead atoms. The predicted octanol–water partition coefficient (Wildman–Crippen LogP) is 6.36. The van der Waals surface area contributed by atoms with Crippen LogP contribution in [-0.4, -0.2) is 12.8 Å². The summed E-state index contributed by atoms with van der Waals surface area (Å²) in [7, 11) is 1.62. The molecular formula is C20H22Cl2N2O. The van der Waals surface area contributed by atoms with Gasteiger partial charge in [0, 0.05) is 22.6 Å². The maximum absolute atomic E-state index is 6.35. The Bertz CT molecular complexity index is 794. The van der Waals surface area contributed by atoms with Gasteiger partial charge in [-0.25, -0.2) is 0 Å². The highest BCUT2D eigenvalue weighted by Crippen LogP contribution is 2.41. The number of benzene rings is 2. The van der Waals surface area contributed by atoms with Gasteiger partial charge in [-0.15, -0.1) is 0 Å². The van der Waals surface area contributed by atoms with Crippen molar-refractivity contribution >= 4 is 34.6 Å².